The van der Waals surface area contributed by atoms with E-state index in [1.165, 1.54) is 24.4 Å². The van der Waals surface area contributed by atoms with Crippen molar-refractivity contribution in [2.75, 3.05) is 16.0 Å². The third-order valence-electron chi connectivity index (χ3n) is 4.24. The zero-order valence-electron chi connectivity index (χ0n) is 15.2. The Morgan fingerprint density at radius 2 is 2.10 bits per heavy atom. The number of carbonyl (C=O) groups excluding carboxylic acids is 1. The predicted molar refractivity (Wildman–Crippen MR) is 104 cm³/mol. The van der Waals surface area contributed by atoms with Gasteiger partial charge in [-0.1, -0.05) is 12.2 Å². The third-order valence-corrected chi connectivity index (χ3v) is 4.24. The molecule has 1 aliphatic heterocycles. The first-order valence-electron chi connectivity index (χ1n) is 8.72. The minimum atomic E-state index is -3.95. The second kappa shape index (κ2) is 7.43. The number of nitrogens with two attached hydrogens (primary N) is 1. The first-order chi connectivity index (χ1) is 14.3. The first kappa shape index (κ1) is 19.3. The van der Waals surface area contributed by atoms with Gasteiger partial charge in [-0.3, -0.25) is 4.79 Å². The Balaban J connectivity index is 1.52. The molecule has 2 aliphatic rings. The van der Waals surface area contributed by atoms with Gasteiger partial charge in [-0.25, -0.2) is 9.37 Å². The summed E-state index contributed by atoms with van der Waals surface area (Å²) in [6, 6.07) is 3.93. The quantitative estimate of drug-likeness (QED) is 0.604. The number of alkyl halides is 2. The maximum absolute atomic E-state index is 14.2. The molecule has 2 aromatic rings. The molecule has 1 aliphatic carbocycles. The summed E-state index contributed by atoms with van der Waals surface area (Å²) in [4.78, 5) is 19.3. The van der Waals surface area contributed by atoms with E-state index in [2.05, 4.69) is 25.3 Å². The number of amides is 1. The van der Waals surface area contributed by atoms with Crippen molar-refractivity contribution in [3.63, 3.8) is 0 Å². The van der Waals surface area contributed by atoms with Crippen LogP contribution in [0.15, 0.2) is 60.1 Å². The van der Waals surface area contributed by atoms with Crippen LogP contribution in [0, 0.1) is 5.82 Å². The number of benzene rings is 1. The standard InChI is InChI=1S/C19H15F3N6O2/c20-13-9-24-18(26-11-3-1-10(8-23)2-4-11)28-16(13)25-12-5-6-15-14(7-12)27-17(29)19(21,22)30-15/h1,3-9H,2,23H2,(H,27,29)(H2,24,25,26,28). The van der Waals surface area contributed by atoms with Crippen molar-refractivity contribution in [3.05, 3.63) is 65.9 Å². The molecule has 0 fully saturated rings. The van der Waals surface area contributed by atoms with E-state index in [0.29, 0.717) is 17.8 Å². The molecule has 1 aromatic carbocycles. The normalized spacial score (nSPS) is 18.2. The minimum Gasteiger partial charge on any atom is -0.423 e. The van der Waals surface area contributed by atoms with Gasteiger partial charge >= 0.3 is 12.0 Å². The van der Waals surface area contributed by atoms with E-state index in [0.717, 1.165) is 11.8 Å². The molecule has 0 saturated heterocycles. The molecule has 1 amide bonds. The number of hydrogen-bond donors (Lipinski definition) is 4. The van der Waals surface area contributed by atoms with Crippen molar-refractivity contribution in [3.8, 4) is 5.75 Å². The highest BCUT2D eigenvalue weighted by atomic mass is 19.3. The van der Waals surface area contributed by atoms with Crippen molar-refractivity contribution in [2.24, 2.45) is 5.73 Å². The van der Waals surface area contributed by atoms with E-state index in [-0.39, 0.29) is 23.2 Å². The minimum absolute atomic E-state index is 0.0185. The summed E-state index contributed by atoms with van der Waals surface area (Å²) in [7, 11) is 0. The molecule has 154 valence electrons. The monoisotopic (exact) mass is 416 g/mol. The highest BCUT2D eigenvalue weighted by Gasteiger charge is 2.46. The lowest BCUT2D eigenvalue weighted by molar-refractivity contribution is -0.189. The Kier molecular flexibility index (Phi) is 4.78. The maximum atomic E-state index is 14.2. The van der Waals surface area contributed by atoms with Crippen LogP contribution in [-0.4, -0.2) is 22.0 Å². The van der Waals surface area contributed by atoms with Gasteiger partial charge in [0, 0.05) is 11.4 Å². The van der Waals surface area contributed by atoms with Crippen molar-refractivity contribution in [2.45, 2.75) is 12.5 Å². The molecular formula is C19H15F3N6O2. The van der Waals surface area contributed by atoms with E-state index in [1.807, 2.05) is 17.5 Å². The Labute approximate surface area is 168 Å². The summed E-state index contributed by atoms with van der Waals surface area (Å²) in [5.41, 5.74) is 7.44. The summed E-state index contributed by atoms with van der Waals surface area (Å²) >= 11 is 0. The van der Waals surface area contributed by atoms with Gasteiger partial charge in [-0.2, -0.15) is 13.8 Å². The number of nitrogens with one attached hydrogen (secondary N) is 3. The second-order valence-electron chi connectivity index (χ2n) is 6.36. The zero-order chi connectivity index (χ0) is 21.3. The highest BCUT2D eigenvalue weighted by Crippen LogP contribution is 2.37. The average molecular weight is 416 g/mol. The molecule has 5 N–H and O–H groups in total. The fourth-order valence-corrected chi connectivity index (χ4v) is 2.73. The first-order valence-corrected chi connectivity index (χ1v) is 8.72. The van der Waals surface area contributed by atoms with Crippen LogP contribution in [0.1, 0.15) is 6.42 Å². The molecule has 2 heterocycles. The molecule has 0 spiro atoms. The Bertz CT molecular complexity index is 1110. The van der Waals surface area contributed by atoms with Gasteiger partial charge in [-0.05, 0) is 42.5 Å². The van der Waals surface area contributed by atoms with Crippen LogP contribution in [0.4, 0.5) is 36.3 Å². The molecule has 4 rings (SSSR count). The van der Waals surface area contributed by atoms with Crippen molar-refractivity contribution in [1.82, 2.24) is 9.97 Å². The van der Waals surface area contributed by atoms with Gasteiger partial charge in [-0.15, -0.1) is 0 Å². The summed E-state index contributed by atoms with van der Waals surface area (Å²) in [6.45, 7) is 0. The largest absolute Gasteiger partial charge is 0.482 e. The van der Waals surface area contributed by atoms with E-state index in [4.69, 9.17) is 5.73 Å². The fraction of sp³-hybridized carbons (Fsp3) is 0.105. The topological polar surface area (TPSA) is 114 Å². The van der Waals surface area contributed by atoms with Gasteiger partial charge in [0.1, 0.15) is 0 Å². The number of hydrogen-bond acceptors (Lipinski definition) is 7. The molecule has 30 heavy (non-hydrogen) atoms. The number of fused-ring (bicyclic) bond motifs is 1. The van der Waals surface area contributed by atoms with Crippen molar-refractivity contribution in [1.29, 1.82) is 0 Å². The molecule has 0 radical (unpaired) electrons. The summed E-state index contributed by atoms with van der Waals surface area (Å²) in [6.07, 6.45) is 4.66. The van der Waals surface area contributed by atoms with Crippen molar-refractivity contribution < 1.29 is 22.7 Å². The van der Waals surface area contributed by atoms with Crippen molar-refractivity contribution >= 4 is 29.0 Å². The Morgan fingerprint density at radius 3 is 2.83 bits per heavy atom. The number of carbonyl (C=O) groups is 1. The van der Waals surface area contributed by atoms with E-state index >= 15 is 0 Å². The van der Waals surface area contributed by atoms with Crippen LogP contribution >= 0.6 is 0 Å². The summed E-state index contributed by atoms with van der Waals surface area (Å²) in [5, 5.41) is 7.73. The Hall–Kier alpha value is -4.02. The van der Waals surface area contributed by atoms with Crippen LogP contribution in [0.3, 0.4) is 0 Å². The number of rotatable bonds is 4. The predicted octanol–water partition coefficient (Wildman–Crippen LogP) is 3.38. The Morgan fingerprint density at radius 1 is 1.27 bits per heavy atom. The highest BCUT2D eigenvalue weighted by molar-refractivity contribution is 5.99. The fourth-order valence-electron chi connectivity index (χ4n) is 2.73. The van der Waals surface area contributed by atoms with E-state index in [1.54, 1.807) is 6.08 Å². The van der Waals surface area contributed by atoms with Gasteiger partial charge < -0.3 is 26.4 Å². The number of aromatic nitrogens is 2. The lowest BCUT2D eigenvalue weighted by atomic mass is 10.1. The molecule has 0 unspecified atom stereocenters. The van der Waals surface area contributed by atoms with E-state index in [9.17, 15) is 18.0 Å². The average Bonchev–Trinajstić information content (AvgIpc) is 2.72. The van der Waals surface area contributed by atoms with Gasteiger partial charge in [0.2, 0.25) is 5.95 Å². The number of anilines is 4. The van der Waals surface area contributed by atoms with E-state index < -0.39 is 17.8 Å². The zero-order valence-corrected chi connectivity index (χ0v) is 15.2. The number of allylic oxidation sites excluding steroid dienone is 4. The molecule has 0 saturated carbocycles. The molecule has 11 heteroatoms. The smallest absolute Gasteiger partial charge is 0.423 e. The third kappa shape index (κ3) is 3.90. The van der Waals surface area contributed by atoms with Gasteiger partial charge in [0.15, 0.2) is 17.4 Å². The molecule has 0 atom stereocenters. The molecule has 8 nitrogen and oxygen atoms in total. The lowest BCUT2D eigenvalue weighted by Gasteiger charge is -2.25. The van der Waals surface area contributed by atoms with Crippen LogP contribution in [0.2, 0.25) is 0 Å². The van der Waals surface area contributed by atoms with Gasteiger partial charge in [0.25, 0.3) is 0 Å². The molecular weight excluding hydrogens is 401 g/mol. The number of halogens is 3. The van der Waals surface area contributed by atoms with Crippen LogP contribution < -0.4 is 26.4 Å². The second-order valence-corrected chi connectivity index (χ2v) is 6.36. The number of nitrogens with zero attached hydrogens (tertiary/aromatic N) is 2. The number of ether oxygens (including phenoxy) is 1. The molecule has 0 bridgehead atoms. The lowest BCUT2D eigenvalue weighted by Crippen LogP contribution is -2.43. The molecule has 1 aromatic heterocycles. The van der Waals surface area contributed by atoms with Crippen LogP contribution in [0.5, 0.6) is 5.75 Å². The van der Waals surface area contributed by atoms with Crippen LogP contribution in [0.25, 0.3) is 0 Å². The maximum Gasteiger partial charge on any atom is 0.482 e. The summed E-state index contributed by atoms with van der Waals surface area (Å²) in [5.74, 6) is -2.54. The summed E-state index contributed by atoms with van der Waals surface area (Å²) < 4.78 is 45.2. The van der Waals surface area contributed by atoms with Crippen LogP contribution in [-0.2, 0) is 4.79 Å². The van der Waals surface area contributed by atoms with Gasteiger partial charge in [0.05, 0.1) is 11.9 Å². The SMILES string of the molecule is NC=C1C=CC(Nc2ncc(F)c(Nc3ccc4c(c3)NC(=O)C(F)(F)O4)n2)=CC1.